The molecule has 4 N–H and O–H groups in total. The number of primary amides is 1. The number of hydrogen-bond donors (Lipinski definition) is 3. The first-order chi connectivity index (χ1) is 9.79. The molecule has 1 aromatic rings. The molecule has 4 amide bonds. The van der Waals surface area contributed by atoms with Crippen molar-refractivity contribution in [3.05, 3.63) is 29.3 Å². The third-order valence-electron chi connectivity index (χ3n) is 2.97. The van der Waals surface area contributed by atoms with E-state index in [1.165, 1.54) is 4.90 Å². The van der Waals surface area contributed by atoms with Crippen molar-refractivity contribution in [3.63, 3.8) is 0 Å². The molecule has 21 heavy (non-hydrogen) atoms. The summed E-state index contributed by atoms with van der Waals surface area (Å²) in [5.41, 5.74) is 7.67. The molecule has 0 spiro atoms. The quantitative estimate of drug-likeness (QED) is 0.729. The van der Waals surface area contributed by atoms with Crippen LogP contribution < -0.4 is 16.4 Å². The van der Waals surface area contributed by atoms with Crippen molar-refractivity contribution in [1.82, 2.24) is 10.2 Å². The molecule has 0 saturated carbocycles. The van der Waals surface area contributed by atoms with Crippen molar-refractivity contribution in [2.24, 2.45) is 5.73 Å². The van der Waals surface area contributed by atoms with E-state index in [9.17, 15) is 14.4 Å². The van der Waals surface area contributed by atoms with Gasteiger partial charge in [0.2, 0.25) is 11.8 Å². The van der Waals surface area contributed by atoms with Crippen molar-refractivity contribution in [3.8, 4) is 0 Å². The summed E-state index contributed by atoms with van der Waals surface area (Å²) in [5.74, 6) is -0.789. The predicted molar refractivity (Wildman–Crippen MR) is 79.8 cm³/mol. The molecular weight excluding hydrogens is 272 g/mol. The Morgan fingerprint density at radius 3 is 2.38 bits per heavy atom. The van der Waals surface area contributed by atoms with E-state index in [1.54, 1.807) is 7.05 Å². The number of imide groups is 1. The summed E-state index contributed by atoms with van der Waals surface area (Å²) in [6.45, 7) is 3.82. The van der Waals surface area contributed by atoms with Crippen LogP contribution in [-0.2, 0) is 9.59 Å². The Balaban J connectivity index is 2.51. The first-order valence-corrected chi connectivity index (χ1v) is 6.43. The number of benzene rings is 1. The number of aryl methyl sites for hydroxylation is 1. The Bertz CT molecular complexity index is 557. The lowest BCUT2D eigenvalue weighted by Crippen LogP contribution is -2.43. The first kappa shape index (κ1) is 16.6. The lowest BCUT2D eigenvalue weighted by molar-refractivity contribution is -0.122. The molecule has 0 aliphatic heterocycles. The summed E-state index contributed by atoms with van der Waals surface area (Å²) in [6.07, 6.45) is 0. The molecule has 0 bridgehead atoms. The molecule has 0 aliphatic rings. The molecule has 114 valence electrons. The SMILES string of the molecule is Cc1cccc(NC(=O)CN(C)CC(=O)NC(N)=O)c1C. The van der Waals surface area contributed by atoms with E-state index in [2.05, 4.69) is 5.32 Å². The number of rotatable bonds is 5. The highest BCUT2D eigenvalue weighted by Gasteiger charge is 2.12. The van der Waals surface area contributed by atoms with E-state index in [-0.39, 0.29) is 19.0 Å². The van der Waals surface area contributed by atoms with E-state index in [4.69, 9.17) is 5.73 Å². The molecule has 0 heterocycles. The number of likely N-dealkylation sites (N-methyl/N-ethyl adjacent to an activating group) is 1. The number of nitrogens with one attached hydrogen (secondary N) is 2. The summed E-state index contributed by atoms with van der Waals surface area (Å²) in [4.78, 5) is 35.2. The summed E-state index contributed by atoms with van der Waals surface area (Å²) < 4.78 is 0. The largest absolute Gasteiger partial charge is 0.351 e. The Kier molecular flexibility index (Phi) is 5.86. The van der Waals surface area contributed by atoms with Crippen molar-refractivity contribution in [2.75, 3.05) is 25.5 Å². The zero-order valence-corrected chi connectivity index (χ0v) is 12.4. The monoisotopic (exact) mass is 292 g/mol. The zero-order chi connectivity index (χ0) is 16.0. The molecular formula is C14H20N4O3. The van der Waals surface area contributed by atoms with Crippen molar-refractivity contribution >= 4 is 23.5 Å². The second-order valence-corrected chi connectivity index (χ2v) is 4.88. The summed E-state index contributed by atoms with van der Waals surface area (Å²) >= 11 is 0. The predicted octanol–water partition coefficient (Wildman–Crippen LogP) is 0.369. The Labute approximate surface area is 123 Å². The van der Waals surface area contributed by atoms with Crippen LogP contribution >= 0.6 is 0 Å². The molecule has 7 nitrogen and oxygen atoms in total. The van der Waals surface area contributed by atoms with Gasteiger partial charge in [0.15, 0.2) is 0 Å². The van der Waals surface area contributed by atoms with E-state index in [1.807, 2.05) is 37.4 Å². The van der Waals surface area contributed by atoms with Crippen LogP contribution in [0.1, 0.15) is 11.1 Å². The second-order valence-electron chi connectivity index (χ2n) is 4.88. The topological polar surface area (TPSA) is 105 Å². The standard InChI is InChI=1S/C14H20N4O3/c1-9-5-4-6-11(10(9)2)16-12(19)7-18(3)8-13(20)17-14(15)21/h4-6H,7-8H2,1-3H3,(H,16,19)(H3,15,17,20,21). The summed E-state index contributed by atoms with van der Waals surface area (Å²) in [6, 6.07) is 4.74. The molecule has 1 rings (SSSR count). The van der Waals surface area contributed by atoms with Gasteiger partial charge in [-0.25, -0.2) is 4.79 Å². The number of carbonyl (C=O) groups is 3. The van der Waals surface area contributed by atoms with Gasteiger partial charge in [0.1, 0.15) is 0 Å². The summed E-state index contributed by atoms with van der Waals surface area (Å²) in [5, 5.41) is 4.73. The molecule has 0 unspecified atom stereocenters. The van der Waals surface area contributed by atoms with Gasteiger partial charge in [-0.2, -0.15) is 0 Å². The Hall–Kier alpha value is -2.41. The molecule has 0 aromatic heterocycles. The minimum Gasteiger partial charge on any atom is -0.351 e. The third-order valence-corrected chi connectivity index (χ3v) is 2.97. The van der Waals surface area contributed by atoms with Gasteiger partial charge in [-0.3, -0.25) is 19.8 Å². The molecule has 7 heteroatoms. The van der Waals surface area contributed by atoms with E-state index in [0.29, 0.717) is 0 Å². The minimum atomic E-state index is -0.909. The van der Waals surface area contributed by atoms with E-state index in [0.717, 1.165) is 16.8 Å². The van der Waals surface area contributed by atoms with E-state index < -0.39 is 11.9 Å². The Morgan fingerprint density at radius 2 is 1.76 bits per heavy atom. The van der Waals surface area contributed by atoms with Crippen LogP contribution in [0, 0.1) is 13.8 Å². The van der Waals surface area contributed by atoms with Crippen molar-refractivity contribution in [1.29, 1.82) is 0 Å². The fraction of sp³-hybridized carbons (Fsp3) is 0.357. The lowest BCUT2D eigenvalue weighted by atomic mass is 10.1. The molecule has 0 radical (unpaired) electrons. The second kappa shape index (κ2) is 7.39. The molecule has 1 aromatic carbocycles. The number of urea groups is 1. The lowest BCUT2D eigenvalue weighted by Gasteiger charge is -2.16. The molecule has 0 saturated heterocycles. The van der Waals surface area contributed by atoms with Crippen LogP contribution in [0.2, 0.25) is 0 Å². The fourth-order valence-electron chi connectivity index (χ4n) is 1.80. The van der Waals surface area contributed by atoms with Crippen molar-refractivity contribution < 1.29 is 14.4 Å². The maximum atomic E-state index is 11.9. The first-order valence-electron chi connectivity index (χ1n) is 6.43. The third kappa shape index (κ3) is 5.62. The highest BCUT2D eigenvalue weighted by molar-refractivity contribution is 5.96. The maximum Gasteiger partial charge on any atom is 0.318 e. The molecule has 0 aliphatic carbocycles. The van der Waals surface area contributed by atoms with Crippen molar-refractivity contribution in [2.45, 2.75) is 13.8 Å². The number of nitrogens with two attached hydrogens (primary N) is 1. The molecule has 0 atom stereocenters. The van der Waals surface area contributed by atoms with Gasteiger partial charge in [0, 0.05) is 5.69 Å². The van der Waals surface area contributed by atoms with Gasteiger partial charge in [-0.15, -0.1) is 0 Å². The number of anilines is 1. The van der Waals surface area contributed by atoms with Gasteiger partial charge in [0.25, 0.3) is 0 Å². The number of nitrogens with zero attached hydrogens (tertiary/aromatic N) is 1. The smallest absolute Gasteiger partial charge is 0.318 e. The van der Waals surface area contributed by atoms with E-state index >= 15 is 0 Å². The minimum absolute atomic E-state index is 0.0273. The number of hydrogen-bond acceptors (Lipinski definition) is 4. The van der Waals surface area contributed by atoms with Gasteiger partial charge in [-0.05, 0) is 38.1 Å². The number of carbonyl (C=O) groups excluding carboxylic acids is 3. The molecule has 0 fully saturated rings. The fourth-order valence-corrected chi connectivity index (χ4v) is 1.80. The highest BCUT2D eigenvalue weighted by atomic mass is 16.2. The van der Waals surface area contributed by atoms with Gasteiger partial charge >= 0.3 is 6.03 Å². The highest BCUT2D eigenvalue weighted by Crippen LogP contribution is 2.17. The van der Waals surface area contributed by atoms with Gasteiger partial charge in [0.05, 0.1) is 13.1 Å². The van der Waals surface area contributed by atoms with Crippen LogP contribution in [0.25, 0.3) is 0 Å². The number of amides is 4. The van der Waals surface area contributed by atoms with Gasteiger partial charge in [-0.1, -0.05) is 12.1 Å². The normalized spacial score (nSPS) is 10.3. The van der Waals surface area contributed by atoms with Crippen LogP contribution in [0.3, 0.4) is 0 Å². The summed E-state index contributed by atoms with van der Waals surface area (Å²) in [7, 11) is 1.60. The Morgan fingerprint density at radius 1 is 1.14 bits per heavy atom. The maximum absolute atomic E-state index is 11.9. The zero-order valence-electron chi connectivity index (χ0n) is 12.4. The average Bonchev–Trinajstić information content (AvgIpc) is 2.33. The van der Waals surface area contributed by atoms with Crippen LogP contribution in [-0.4, -0.2) is 42.9 Å². The van der Waals surface area contributed by atoms with Crippen LogP contribution in [0.5, 0.6) is 0 Å². The van der Waals surface area contributed by atoms with Gasteiger partial charge < -0.3 is 11.1 Å². The van der Waals surface area contributed by atoms with Crippen LogP contribution in [0.15, 0.2) is 18.2 Å². The average molecular weight is 292 g/mol. The van der Waals surface area contributed by atoms with Crippen LogP contribution in [0.4, 0.5) is 10.5 Å².